The van der Waals surface area contributed by atoms with Crippen molar-refractivity contribution >= 4 is 27.6 Å². The number of aromatic amines is 1. The van der Waals surface area contributed by atoms with Gasteiger partial charge in [0.2, 0.25) is 0 Å². The highest BCUT2D eigenvalue weighted by Gasteiger charge is 1.98. The lowest BCUT2D eigenvalue weighted by Crippen LogP contribution is -1.89. The average Bonchev–Trinajstić information content (AvgIpc) is 2.64. The SMILES string of the molecule is [N-]=[N+]=NCC=Cc1ccc2[nH]c(=O)sc2c1. The largest absolute Gasteiger partial charge is 0.312 e. The molecule has 0 saturated carbocycles. The summed E-state index contributed by atoms with van der Waals surface area (Å²) in [5.74, 6) is 0. The fourth-order valence-corrected chi connectivity index (χ4v) is 2.12. The van der Waals surface area contributed by atoms with Crippen LogP contribution in [0, 0.1) is 0 Å². The predicted molar refractivity (Wildman–Crippen MR) is 65.5 cm³/mol. The zero-order chi connectivity index (χ0) is 11.4. The maximum absolute atomic E-state index is 11.1. The van der Waals surface area contributed by atoms with Gasteiger partial charge in [0.05, 0.1) is 10.2 Å². The summed E-state index contributed by atoms with van der Waals surface area (Å²) in [5.41, 5.74) is 9.93. The molecule has 5 nitrogen and oxygen atoms in total. The standard InChI is InChI=1S/C10H8N4OS/c11-14-12-5-1-2-7-3-4-8-9(6-7)16-10(15)13-8/h1-4,6H,5H2,(H,13,15). The Morgan fingerprint density at radius 3 is 3.25 bits per heavy atom. The van der Waals surface area contributed by atoms with E-state index in [0.717, 1.165) is 15.8 Å². The van der Waals surface area contributed by atoms with E-state index in [-0.39, 0.29) is 4.87 Å². The van der Waals surface area contributed by atoms with Gasteiger partial charge >= 0.3 is 4.87 Å². The number of benzene rings is 1. The van der Waals surface area contributed by atoms with Crippen LogP contribution in [0.1, 0.15) is 5.56 Å². The predicted octanol–water partition coefficient (Wildman–Crippen LogP) is 2.91. The normalized spacial score (nSPS) is 10.8. The van der Waals surface area contributed by atoms with Crippen molar-refractivity contribution in [2.45, 2.75) is 0 Å². The molecule has 80 valence electrons. The zero-order valence-electron chi connectivity index (χ0n) is 8.25. The lowest BCUT2D eigenvalue weighted by molar-refractivity contribution is 1.22. The van der Waals surface area contributed by atoms with Crippen molar-refractivity contribution < 1.29 is 0 Å². The van der Waals surface area contributed by atoms with Crippen molar-refractivity contribution in [3.8, 4) is 0 Å². The van der Waals surface area contributed by atoms with Crippen molar-refractivity contribution in [2.75, 3.05) is 6.54 Å². The van der Waals surface area contributed by atoms with Gasteiger partial charge in [-0.25, -0.2) is 0 Å². The Balaban J connectivity index is 2.28. The zero-order valence-corrected chi connectivity index (χ0v) is 9.07. The molecule has 16 heavy (non-hydrogen) atoms. The van der Waals surface area contributed by atoms with Crippen molar-refractivity contribution in [3.05, 3.63) is 49.9 Å². The van der Waals surface area contributed by atoms with Crippen molar-refractivity contribution in [2.24, 2.45) is 5.11 Å². The minimum atomic E-state index is -0.0507. The molecule has 2 rings (SSSR count). The number of fused-ring (bicyclic) bond motifs is 1. The molecule has 2 aromatic rings. The second-order valence-corrected chi connectivity index (χ2v) is 4.10. The smallest absolute Gasteiger partial charge is 0.305 e. The third kappa shape index (κ3) is 2.31. The molecule has 1 aromatic carbocycles. The van der Waals surface area contributed by atoms with Gasteiger partial charge in [-0.1, -0.05) is 34.7 Å². The Labute approximate surface area is 94.7 Å². The third-order valence-corrected chi connectivity index (χ3v) is 2.85. The first-order chi connectivity index (χ1) is 7.79. The number of nitrogens with zero attached hydrogens (tertiary/aromatic N) is 3. The number of nitrogens with one attached hydrogen (secondary N) is 1. The Hall–Kier alpha value is -2.04. The highest BCUT2D eigenvalue weighted by atomic mass is 32.1. The van der Waals surface area contributed by atoms with Gasteiger partial charge in [-0.3, -0.25) is 4.79 Å². The first-order valence-corrected chi connectivity index (χ1v) is 5.41. The van der Waals surface area contributed by atoms with Crippen LogP contribution in [0.25, 0.3) is 26.7 Å². The van der Waals surface area contributed by atoms with E-state index >= 15 is 0 Å². The van der Waals surface area contributed by atoms with Crippen LogP contribution in [-0.2, 0) is 0 Å². The summed E-state index contributed by atoms with van der Waals surface area (Å²) < 4.78 is 0.927. The van der Waals surface area contributed by atoms with E-state index in [1.54, 1.807) is 6.08 Å². The van der Waals surface area contributed by atoms with Gasteiger partial charge in [-0.15, -0.1) is 0 Å². The second-order valence-electron chi connectivity index (χ2n) is 3.09. The molecule has 0 fully saturated rings. The Morgan fingerprint density at radius 1 is 1.56 bits per heavy atom. The first kappa shape index (κ1) is 10.5. The van der Waals surface area contributed by atoms with E-state index < -0.39 is 0 Å². The Bertz CT molecular complexity index is 634. The molecular weight excluding hydrogens is 224 g/mol. The minimum Gasteiger partial charge on any atom is -0.312 e. The fourth-order valence-electron chi connectivity index (χ4n) is 1.34. The molecule has 0 radical (unpaired) electrons. The lowest BCUT2D eigenvalue weighted by atomic mass is 10.2. The van der Waals surface area contributed by atoms with Crippen LogP contribution < -0.4 is 4.87 Å². The molecule has 0 unspecified atom stereocenters. The molecule has 0 bridgehead atoms. The van der Waals surface area contributed by atoms with Gasteiger partial charge in [0, 0.05) is 11.5 Å². The molecule has 0 aliphatic heterocycles. The highest BCUT2D eigenvalue weighted by molar-refractivity contribution is 7.16. The molecular formula is C10H8N4OS. The maximum Gasteiger partial charge on any atom is 0.305 e. The Kier molecular flexibility index (Phi) is 3.05. The van der Waals surface area contributed by atoms with Crippen LogP contribution in [-0.4, -0.2) is 11.5 Å². The lowest BCUT2D eigenvalue weighted by Gasteiger charge is -1.92. The van der Waals surface area contributed by atoms with Crippen LogP contribution in [0.3, 0.4) is 0 Å². The number of rotatable bonds is 3. The van der Waals surface area contributed by atoms with Crippen LogP contribution in [0.5, 0.6) is 0 Å². The van der Waals surface area contributed by atoms with Gasteiger partial charge < -0.3 is 4.98 Å². The molecule has 0 aliphatic rings. The number of aromatic nitrogens is 1. The highest BCUT2D eigenvalue weighted by Crippen LogP contribution is 2.16. The first-order valence-electron chi connectivity index (χ1n) is 4.60. The topological polar surface area (TPSA) is 81.6 Å². The molecule has 1 aromatic heterocycles. The quantitative estimate of drug-likeness (QED) is 0.492. The number of hydrogen-bond acceptors (Lipinski definition) is 3. The third-order valence-electron chi connectivity index (χ3n) is 2.01. The van der Waals surface area contributed by atoms with E-state index in [4.69, 9.17) is 5.53 Å². The van der Waals surface area contributed by atoms with Gasteiger partial charge in [0.25, 0.3) is 0 Å². The fraction of sp³-hybridized carbons (Fsp3) is 0.100. The van der Waals surface area contributed by atoms with E-state index in [2.05, 4.69) is 15.0 Å². The van der Waals surface area contributed by atoms with Crippen molar-refractivity contribution in [1.29, 1.82) is 0 Å². The molecule has 0 aliphatic carbocycles. The van der Waals surface area contributed by atoms with Crippen LogP contribution in [0.4, 0.5) is 0 Å². The summed E-state index contributed by atoms with van der Waals surface area (Å²) in [4.78, 5) is 16.4. The van der Waals surface area contributed by atoms with E-state index in [0.29, 0.717) is 6.54 Å². The monoisotopic (exact) mass is 232 g/mol. The number of H-pyrrole nitrogens is 1. The molecule has 0 saturated heterocycles. The minimum absolute atomic E-state index is 0.0507. The van der Waals surface area contributed by atoms with Crippen molar-refractivity contribution in [1.82, 2.24) is 4.98 Å². The van der Waals surface area contributed by atoms with Crippen molar-refractivity contribution in [3.63, 3.8) is 0 Å². The van der Waals surface area contributed by atoms with E-state index in [1.165, 1.54) is 11.3 Å². The number of azide groups is 1. The summed E-state index contributed by atoms with van der Waals surface area (Å²) in [5, 5.41) is 3.39. The molecule has 0 amide bonds. The van der Waals surface area contributed by atoms with Gasteiger partial charge in [-0.05, 0) is 23.2 Å². The molecule has 1 N–H and O–H groups in total. The molecule has 0 atom stereocenters. The molecule has 0 spiro atoms. The van der Waals surface area contributed by atoms with E-state index in [9.17, 15) is 4.79 Å². The van der Waals surface area contributed by atoms with Gasteiger partial charge in [0.15, 0.2) is 0 Å². The number of hydrogen-bond donors (Lipinski definition) is 1. The van der Waals surface area contributed by atoms with Crippen LogP contribution in [0.15, 0.2) is 34.2 Å². The number of thiazole rings is 1. The summed E-state index contributed by atoms with van der Waals surface area (Å²) in [6, 6.07) is 5.68. The van der Waals surface area contributed by atoms with Crippen LogP contribution in [0.2, 0.25) is 0 Å². The molecule has 6 heteroatoms. The van der Waals surface area contributed by atoms with Gasteiger partial charge in [-0.2, -0.15) is 0 Å². The average molecular weight is 232 g/mol. The Morgan fingerprint density at radius 2 is 2.44 bits per heavy atom. The second kappa shape index (κ2) is 4.65. The summed E-state index contributed by atoms with van der Waals surface area (Å²) in [7, 11) is 0. The summed E-state index contributed by atoms with van der Waals surface area (Å²) in [6.07, 6.45) is 3.63. The molecule has 1 heterocycles. The summed E-state index contributed by atoms with van der Waals surface area (Å²) in [6.45, 7) is 0.331. The van der Waals surface area contributed by atoms with E-state index in [1.807, 2.05) is 24.3 Å². The summed E-state index contributed by atoms with van der Waals surface area (Å²) >= 11 is 1.18. The van der Waals surface area contributed by atoms with Gasteiger partial charge in [0.1, 0.15) is 0 Å². The van der Waals surface area contributed by atoms with Crippen LogP contribution >= 0.6 is 11.3 Å². The maximum atomic E-state index is 11.1.